The van der Waals surface area contributed by atoms with Gasteiger partial charge in [-0.15, -0.1) is 0 Å². The second kappa shape index (κ2) is 4.63. The zero-order valence-electron chi connectivity index (χ0n) is 9.63. The molecule has 1 aliphatic carbocycles. The Morgan fingerprint density at radius 3 is 2.50 bits per heavy atom. The SMILES string of the molecule is CNC1CCC(C)CC1N1CCCC1. The Bertz CT molecular complexity index is 173. The molecule has 1 aliphatic heterocycles. The maximum atomic E-state index is 3.51. The molecule has 0 radical (unpaired) electrons. The molecule has 0 aromatic heterocycles. The van der Waals surface area contributed by atoms with Crippen LogP contribution >= 0.6 is 0 Å². The zero-order valence-corrected chi connectivity index (χ0v) is 9.63. The Labute approximate surface area is 88.1 Å². The topological polar surface area (TPSA) is 15.3 Å². The third kappa shape index (κ3) is 2.12. The first kappa shape index (κ1) is 10.4. The summed E-state index contributed by atoms with van der Waals surface area (Å²) >= 11 is 0. The van der Waals surface area contributed by atoms with E-state index in [0.29, 0.717) is 0 Å². The van der Waals surface area contributed by atoms with E-state index in [0.717, 1.165) is 18.0 Å². The van der Waals surface area contributed by atoms with Crippen molar-refractivity contribution in [3.63, 3.8) is 0 Å². The van der Waals surface area contributed by atoms with Gasteiger partial charge in [0, 0.05) is 12.1 Å². The number of hydrogen-bond donors (Lipinski definition) is 1. The Morgan fingerprint density at radius 1 is 1.14 bits per heavy atom. The highest BCUT2D eigenvalue weighted by Crippen LogP contribution is 2.29. The van der Waals surface area contributed by atoms with Gasteiger partial charge in [-0.1, -0.05) is 6.92 Å². The maximum absolute atomic E-state index is 3.51. The molecule has 3 unspecified atom stereocenters. The first-order valence-electron chi connectivity index (χ1n) is 6.22. The lowest BCUT2D eigenvalue weighted by Gasteiger charge is -2.40. The molecule has 1 saturated heterocycles. The van der Waals surface area contributed by atoms with Crippen molar-refractivity contribution in [3.05, 3.63) is 0 Å². The van der Waals surface area contributed by atoms with Crippen LogP contribution in [0.4, 0.5) is 0 Å². The van der Waals surface area contributed by atoms with E-state index in [1.807, 2.05) is 0 Å². The summed E-state index contributed by atoms with van der Waals surface area (Å²) in [6.45, 7) is 5.10. The van der Waals surface area contributed by atoms with E-state index in [9.17, 15) is 0 Å². The summed E-state index contributed by atoms with van der Waals surface area (Å²) in [5.74, 6) is 0.935. The lowest BCUT2D eigenvalue weighted by Crippen LogP contribution is -2.51. The van der Waals surface area contributed by atoms with Crippen LogP contribution in [-0.2, 0) is 0 Å². The van der Waals surface area contributed by atoms with Gasteiger partial charge in [0.05, 0.1) is 0 Å². The van der Waals surface area contributed by atoms with E-state index < -0.39 is 0 Å². The normalized spacial score (nSPS) is 40.3. The molecule has 2 nitrogen and oxygen atoms in total. The fourth-order valence-corrected chi connectivity index (χ4v) is 3.16. The van der Waals surface area contributed by atoms with Gasteiger partial charge in [0.25, 0.3) is 0 Å². The number of nitrogens with zero attached hydrogens (tertiary/aromatic N) is 1. The minimum atomic E-state index is 0.754. The summed E-state index contributed by atoms with van der Waals surface area (Å²) in [6, 6.07) is 1.58. The number of likely N-dealkylation sites (N-methyl/N-ethyl adjacent to an activating group) is 1. The van der Waals surface area contributed by atoms with Gasteiger partial charge in [0.2, 0.25) is 0 Å². The van der Waals surface area contributed by atoms with Crippen molar-refractivity contribution >= 4 is 0 Å². The molecule has 1 heterocycles. The zero-order chi connectivity index (χ0) is 9.97. The van der Waals surface area contributed by atoms with Crippen LogP contribution in [0.15, 0.2) is 0 Å². The molecule has 0 amide bonds. The van der Waals surface area contributed by atoms with Gasteiger partial charge in [-0.25, -0.2) is 0 Å². The smallest absolute Gasteiger partial charge is 0.0251 e. The number of rotatable bonds is 2. The summed E-state index contributed by atoms with van der Waals surface area (Å²) in [5, 5.41) is 3.51. The van der Waals surface area contributed by atoms with E-state index in [4.69, 9.17) is 0 Å². The molecule has 0 aromatic carbocycles. The van der Waals surface area contributed by atoms with Crippen LogP contribution in [0.5, 0.6) is 0 Å². The van der Waals surface area contributed by atoms with E-state index in [-0.39, 0.29) is 0 Å². The molecule has 2 rings (SSSR count). The van der Waals surface area contributed by atoms with Crippen LogP contribution < -0.4 is 5.32 Å². The van der Waals surface area contributed by atoms with Crippen molar-refractivity contribution in [2.75, 3.05) is 20.1 Å². The quantitative estimate of drug-likeness (QED) is 0.725. The summed E-state index contributed by atoms with van der Waals surface area (Å²) in [5.41, 5.74) is 0. The molecule has 0 spiro atoms. The van der Waals surface area contributed by atoms with Crippen molar-refractivity contribution in [2.45, 2.75) is 51.1 Å². The van der Waals surface area contributed by atoms with Gasteiger partial charge < -0.3 is 5.32 Å². The third-order valence-corrected chi connectivity index (χ3v) is 4.06. The summed E-state index contributed by atoms with van der Waals surface area (Å²) in [6.07, 6.45) is 7.03. The van der Waals surface area contributed by atoms with Crippen molar-refractivity contribution in [1.82, 2.24) is 10.2 Å². The van der Waals surface area contributed by atoms with Crippen LogP contribution in [0, 0.1) is 5.92 Å². The predicted molar refractivity (Wildman–Crippen MR) is 60.5 cm³/mol. The molecule has 0 aromatic rings. The van der Waals surface area contributed by atoms with Crippen LogP contribution in [0.25, 0.3) is 0 Å². The summed E-state index contributed by atoms with van der Waals surface area (Å²) in [4.78, 5) is 2.72. The number of nitrogens with one attached hydrogen (secondary N) is 1. The fourth-order valence-electron chi connectivity index (χ4n) is 3.16. The number of likely N-dealkylation sites (tertiary alicyclic amines) is 1. The van der Waals surface area contributed by atoms with E-state index in [1.165, 1.54) is 45.2 Å². The van der Waals surface area contributed by atoms with Gasteiger partial charge >= 0.3 is 0 Å². The highest BCUT2D eigenvalue weighted by Gasteiger charge is 2.32. The molecule has 1 N–H and O–H groups in total. The molecule has 14 heavy (non-hydrogen) atoms. The van der Waals surface area contributed by atoms with Crippen molar-refractivity contribution in [2.24, 2.45) is 5.92 Å². The van der Waals surface area contributed by atoms with Crippen molar-refractivity contribution in [1.29, 1.82) is 0 Å². The monoisotopic (exact) mass is 196 g/mol. The Morgan fingerprint density at radius 2 is 1.86 bits per heavy atom. The minimum absolute atomic E-state index is 0.754. The van der Waals surface area contributed by atoms with E-state index >= 15 is 0 Å². The van der Waals surface area contributed by atoms with E-state index in [1.54, 1.807) is 0 Å². The van der Waals surface area contributed by atoms with Gasteiger partial charge in [-0.3, -0.25) is 4.90 Å². The first-order chi connectivity index (χ1) is 6.81. The second-order valence-electron chi connectivity index (χ2n) is 5.12. The lowest BCUT2D eigenvalue weighted by molar-refractivity contribution is 0.127. The van der Waals surface area contributed by atoms with Crippen LogP contribution in [0.3, 0.4) is 0 Å². The predicted octanol–water partition coefficient (Wildman–Crippen LogP) is 1.86. The molecular weight excluding hydrogens is 172 g/mol. The molecular formula is C12H24N2. The Balaban J connectivity index is 1.96. The first-order valence-corrected chi connectivity index (χ1v) is 6.22. The Kier molecular flexibility index (Phi) is 3.45. The Hall–Kier alpha value is -0.0800. The summed E-state index contributed by atoms with van der Waals surface area (Å²) < 4.78 is 0. The average molecular weight is 196 g/mol. The lowest BCUT2D eigenvalue weighted by atomic mass is 9.82. The molecule has 82 valence electrons. The molecule has 2 fully saturated rings. The van der Waals surface area contributed by atoms with Crippen molar-refractivity contribution in [3.8, 4) is 0 Å². The molecule has 0 bridgehead atoms. The van der Waals surface area contributed by atoms with Crippen molar-refractivity contribution < 1.29 is 0 Å². The second-order valence-corrected chi connectivity index (χ2v) is 5.12. The van der Waals surface area contributed by atoms with E-state index in [2.05, 4.69) is 24.2 Å². The molecule has 3 atom stereocenters. The van der Waals surface area contributed by atoms with Gasteiger partial charge in [-0.05, 0) is 58.2 Å². The number of hydrogen-bond acceptors (Lipinski definition) is 2. The maximum Gasteiger partial charge on any atom is 0.0251 e. The molecule has 2 aliphatic rings. The molecule has 2 heteroatoms. The van der Waals surface area contributed by atoms with Crippen LogP contribution in [0.2, 0.25) is 0 Å². The molecule has 1 saturated carbocycles. The highest BCUT2D eigenvalue weighted by atomic mass is 15.2. The highest BCUT2D eigenvalue weighted by molar-refractivity contribution is 4.91. The standard InChI is InChI=1S/C12H24N2/c1-10-5-6-11(13-2)12(9-10)14-7-3-4-8-14/h10-13H,3-9H2,1-2H3. The van der Waals surface area contributed by atoms with Crippen LogP contribution in [-0.4, -0.2) is 37.1 Å². The van der Waals surface area contributed by atoms with Gasteiger partial charge in [-0.2, -0.15) is 0 Å². The fraction of sp³-hybridized carbons (Fsp3) is 1.00. The minimum Gasteiger partial charge on any atom is -0.315 e. The largest absolute Gasteiger partial charge is 0.315 e. The average Bonchev–Trinajstić information content (AvgIpc) is 2.70. The summed E-state index contributed by atoms with van der Waals surface area (Å²) in [7, 11) is 2.13. The van der Waals surface area contributed by atoms with Crippen LogP contribution in [0.1, 0.15) is 39.0 Å². The van der Waals surface area contributed by atoms with Gasteiger partial charge in [0.1, 0.15) is 0 Å². The third-order valence-electron chi connectivity index (χ3n) is 4.06. The van der Waals surface area contributed by atoms with Gasteiger partial charge in [0.15, 0.2) is 0 Å².